The number of rotatable bonds is 23. The summed E-state index contributed by atoms with van der Waals surface area (Å²) in [6.07, 6.45) is -8.50. The molecule has 2 aliphatic rings. The van der Waals surface area contributed by atoms with E-state index in [1.807, 2.05) is 182 Å². The Hall–Kier alpha value is -5.12. The fraction of sp³-hybridized carbons (Fsp3) is 0.345. The molecule has 0 aromatic heterocycles. The molecule has 66 heavy (non-hydrogen) atoms. The Morgan fingerprint density at radius 3 is 1.08 bits per heavy atom. The molecular weight excluding hydrogens is 837 g/mol. The van der Waals surface area contributed by atoms with Crippen LogP contribution < -0.4 is 0 Å². The predicted octanol–water partition coefficient (Wildman–Crippen LogP) is 8.60. The van der Waals surface area contributed by atoms with Crippen LogP contribution in [0.4, 0.5) is 0 Å². The smallest absolute Gasteiger partial charge is 0.186 e. The Kier molecular flexibility index (Phi) is 18.0. The summed E-state index contributed by atoms with van der Waals surface area (Å²) in [6, 6.07) is 59.5. The van der Waals surface area contributed by atoms with Crippen LogP contribution in [0.25, 0.3) is 0 Å². The monoisotopic (exact) mass is 896 g/mol. The zero-order valence-corrected chi connectivity index (χ0v) is 37.3. The molecular formula is C55H60O11. The molecule has 6 aromatic rings. The maximum atomic E-state index is 12.3. The van der Waals surface area contributed by atoms with Crippen LogP contribution >= 0.6 is 0 Å². The van der Waals surface area contributed by atoms with Crippen molar-refractivity contribution in [2.75, 3.05) is 20.3 Å². The third-order valence-electron chi connectivity index (χ3n) is 11.7. The van der Waals surface area contributed by atoms with Crippen LogP contribution in [0.5, 0.6) is 0 Å². The van der Waals surface area contributed by atoms with Gasteiger partial charge in [0.25, 0.3) is 0 Å². The first-order valence-corrected chi connectivity index (χ1v) is 22.6. The number of hydrogen-bond donors (Lipinski definition) is 1. The molecule has 0 saturated carbocycles. The van der Waals surface area contributed by atoms with Crippen LogP contribution in [0.3, 0.4) is 0 Å². The predicted molar refractivity (Wildman–Crippen MR) is 247 cm³/mol. The molecule has 10 unspecified atom stereocenters. The van der Waals surface area contributed by atoms with E-state index in [4.69, 9.17) is 47.4 Å². The van der Waals surface area contributed by atoms with E-state index in [2.05, 4.69) is 0 Å². The second kappa shape index (κ2) is 25.1. The lowest BCUT2D eigenvalue weighted by atomic mass is 9.97. The van der Waals surface area contributed by atoms with Gasteiger partial charge in [0.2, 0.25) is 0 Å². The molecule has 0 amide bonds. The van der Waals surface area contributed by atoms with Crippen molar-refractivity contribution in [3.05, 3.63) is 215 Å². The Morgan fingerprint density at radius 2 is 0.667 bits per heavy atom. The third kappa shape index (κ3) is 13.5. The van der Waals surface area contributed by atoms with Crippen molar-refractivity contribution in [2.45, 2.75) is 101 Å². The minimum absolute atomic E-state index is 0.0732. The molecule has 0 bridgehead atoms. The molecule has 0 radical (unpaired) electrons. The molecule has 8 rings (SSSR count). The molecule has 0 spiro atoms. The summed E-state index contributed by atoms with van der Waals surface area (Å²) < 4.78 is 65.9. The van der Waals surface area contributed by atoms with Gasteiger partial charge in [-0.2, -0.15) is 0 Å². The van der Waals surface area contributed by atoms with Gasteiger partial charge in [-0.1, -0.05) is 182 Å². The van der Waals surface area contributed by atoms with Crippen molar-refractivity contribution < 1.29 is 52.5 Å². The van der Waals surface area contributed by atoms with E-state index >= 15 is 0 Å². The van der Waals surface area contributed by atoms with E-state index in [1.165, 1.54) is 0 Å². The van der Waals surface area contributed by atoms with Crippen molar-refractivity contribution in [3.63, 3.8) is 0 Å². The molecule has 2 saturated heterocycles. The number of hydrogen-bond acceptors (Lipinski definition) is 11. The second-order valence-corrected chi connectivity index (χ2v) is 16.5. The molecule has 2 heterocycles. The Morgan fingerprint density at radius 1 is 0.348 bits per heavy atom. The number of aliphatic hydroxyl groups excluding tert-OH is 1. The zero-order valence-electron chi connectivity index (χ0n) is 37.3. The first-order chi connectivity index (χ1) is 32.6. The topological polar surface area (TPSA) is 113 Å². The van der Waals surface area contributed by atoms with Gasteiger partial charge in [0, 0.05) is 7.11 Å². The quantitative estimate of drug-likeness (QED) is 0.0668. The van der Waals surface area contributed by atoms with Gasteiger partial charge in [-0.25, -0.2) is 0 Å². The van der Waals surface area contributed by atoms with Crippen molar-refractivity contribution in [3.8, 4) is 0 Å². The number of ether oxygens (including phenoxy) is 10. The van der Waals surface area contributed by atoms with Gasteiger partial charge in [-0.05, 0) is 33.4 Å². The highest BCUT2D eigenvalue weighted by Gasteiger charge is 2.51. The summed E-state index contributed by atoms with van der Waals surface area (Å²) in [5, 5.41) is 12.3. The molecule has 1 N–H and O–H groups in total. The van der Waals surface area contributed by atoms with Gasteiger partial charge in [-0.15, -0.1) is 0 Å². The van der Waals surface area contributed by atoms with Crippen LogP contribution in [-0.4, -0.2) is 86.8 Å². The summed E-state index contributed by atoms with van der Waals surface area (Å²) in [6.45, 7) is 1.74. The lowest BCUT2D eigenvalue weighted by Gasteiger charge is -2.47. The second-order valence-electron chi connectivity index (χ2n) is 16.5. The van der Waals surface area contributed by atoms with E-state index in [9.17, 15) is 5.11 Å². The van der Waals surface area contributed by atoms with E-state index in [1.54, 1.807) is 7.11 Å². The van der Waals surface area contributed by atoms with Crippen molar-refractivity contribution in [1.29, 1.82) is 0 Å². The van der Waals surface area contributed by atoms with Crippen LogP contribution in [0, 0.1) is 0 Å². The van der Waals surface area contributed by atoms with Gasteiger partial charge >= 0.3 is 0 Å². The minimum Gasteiger partial charge on any atom is -0.385 e. The molecule has 2 fully saturated rings. The Bertz CT molecular complexity index is 2220. The fourth-order valence-electron chi connectivity index (χ4n) is 8.22. The Labute approximate surface area is 388 Å². The number of benzene rings is 6. The van der Waals surface area contributed by atoms with E-state index in [0.29, 0.717) is 13.2 Å². The average molecular weight is 897 g/mol. The molecule has 11 heteroatoms. The largest absolute Gasteiger partial charge is 0.385 e. The van der Waals surface area contributed by atoms with Gasteiger partial charge in [0.15, 0.2) is 12.6 Å². The third-order valence-corrected chi connectivity index (χ3v) is 11.7. The van der Waals surface area contributed by atoms with Crippen LogP contribution in [0.2, 0.25) is 0 Å². The van der Waals surface area contributed by atoms with Gasteiger partial charge in [-0.3, -0.25) is 0 Å². The molecule has 346 valence electrons. The minimum atomic E-state index is -1.28. The van der Waals surface area contributed by atoms with Gasteiger partial charge < -0.3 is 52.5 Å². The molecule has 2 aliphatic heterocycles. The van der Waals surface area contributed by atoms with E-state index in [0.717, 1.165) is 33.4 Å². The maximum Gasteiger partial charge on any atom is 0.186 e. The highest BCUT2D eigenvalue weighted by Crippen LogP contribution is 2.34. The summed E-state index contributed by atoms with van der Waals surface area (Å²) in [5.41, 5.74) is 5.87. The average Bonchev–Trinajstić information content (AvgIpc) is 3.37. The van der Waals surface area contributed by atoms with Gasteiger partial charge in [0.1, 0.15) is 48.8 Å². The highest BCUT2D eigenvalue weighted by molar-refractivity contribution is 5.18. The summed E-state index contributed by atoms with van der Waals surface area (Å²) in [4.78, 5) is 0. The summed E-state index contributed by atoms with van der Waals surface area (Å²) in [5.74, 6) is 0. The first-order valence-electron chi connectivity index (χ1n) is 22.6. The van der Waals surface area contributed by atoms with E-state index in [-0.39, 0.29) is 39.6 Å². The van der Waals surface area contributed by atoms with Gasteiger partial charge in [0.05, 0.1) is 52.9 Å². The van der Waals surface area contributed by atoms with Crippen molar-refractivity contribution in [2.24, 2.45) is 0 Å². The van der Waals surface area contributed by atoms with E-state index < -0.39 is 61.4 Å². The number of methoxy groups -OCH3 is 1. The summed E-state index contributed by atoms with van der Waals surface area (Å²) in [7, 11) is 1.58. The number of aliphatic hydroxyl groups is 1. The van der Waals surface area contributed by atoms with Crippen molar-refractivity contribution >= 4 is 0 Å². The van der Waals surface area contributed by atoms with Crippen LogP contribution in [0.15, 0.2) is 182 Å². The first kappa shape index (κ1) is 47.4. The standard InChI is InChI=1S/C55H60O11/c1-57-55-53(63-37-45-30-18-7-19-31-45)52(62-36-44-28-16-6-17-29-44)50(60-34-42-24-12-4-13-25-42)47(66-55)39-64-54-48(56)51(61-35-43-26-14-5-15-27-43)49(59-33-41-22-10-3-11-23-41)46(65-54)38-58-32-40-20-8-2-9-21-40/h2-31,46-56H,32-39H2,1H3. The fourth-order valence-corrected chi connectivity index (χ4v) is 8.22. The highest BCUT2D eigenvalue weighted by atomic mass is 16.7. The lowest BCUT2D eigenvalue weighted by molar-refractivity contribution is -0.346. The van der Waals surface area contributed by atoms with Crippen LogP contribution in [-0.2, 0) is 87.0 Å². The lowest BCUT2D eigenvalue weighted by Crippen LogP contribution is -2.63. The molecule has 11 nitrogen and oxygen atoms in total. The van der Waals surface area contributed by atoms with Crippen LogP contribution in [0.1, 0.15) is 33.4 Å². The normalized spacial score (nSPS) is 25.4. The SMILES string of the molecule is COC1OC(COC2OC(COCc3ccccc3)C(OCc3ccccc3)C(OCc3ccccc3)C2O)C(OCc2ccccc2)C(OCc2ccccc2)C1OCc1ccccc1. The molecule has 0 aliphatic carbocycles. The Balaban J connectivity index is 1.07. The van der Waals surface area contributed by atoms with Crippen molar-refractivity contribution in [1.82, 2.24) is 0 Å². The molecule has 6 aromatic carbocycles. The maximum absolute atomic E-state index is 12.3. The molecule has 10 atom stereocenters. The zero-order chi connectivity index (χ0) is 45.2. The summed E-state index contributed by atoms with van der Waals surface area (Å²) >= 11 is 0.